The molecular weight excluding hydrogens is 266 g/mol. The molecule has 1 heterocycles. The third-order valence-electron chi connectivity index (χ3n) is 3.27. The molecule has 0 saturated carbocycles. The molecule has 1 atom stereocenters. The van der Waals surface area contributed by atoms with Gasteiger partial charge < -0.3 is 14.4 Å². The molecule has 1 aliphatic rings. The van der Waals surface area contributed by atoms with E-state index in [1.54, 1.807) is 30.2 Å². The summed E-state index contributed by atoms with van der Waals surface area (Å²) in [4.78, 5) is 14.3. The molecule has 1 amide bonds. The van der Waals surface area contributed by atoms with Crippen molar-refractivity contribution in [2.24, 2.45) is 0 Å². The van der Waals surface area contributed by atoms with Crippen molar-refractivity contribution < 1.29 is 14.3 Å². The van der Waals surface area contributed by atoms with Crippen LogP contribution in [-0.4, -0.2) is 43.7 Å². The molecule has 1 aromatic rings. The Morgan fingerprint density at radius 3 is 3.05 bits per heavy atom. The maximum atomic E-state index is 12.5. The summed E-state index contributed by atoms with van der Waals surface area (Å²) in [5, 5.41) is 0.532. The summed E-state index contributed by atoms with van der Waals surface area (Å²) >= 11 is 5.96. The van der Waals surface area contributed by atoms with Crippen LogP contribution in [0.4, 0.5) is 0 Å². The molecule has 0 radical (unpaired) electrons. The molecule has 4 nitrogen and oxygen atoms in total. The Bertz CT molecular complexity index is 464. The highest BCUT2D eigenvalue weighted by molar-refractivity contribution is 6.31. The van der Waals surface area contributed by atoms with E-state index in [9.17, 15) is 4.79 Å². The quantitative estimate of drug-likeness (QED) is 0.856. The molecule has 0 aromatic heterocycles. The summed E-state index contributed by atoms with van der Waals surface area (Å²) in [5.41, 5.74) is 0.506. The minimum absolute atomic E-state index is 0.0545. The van der Waals surface area contributed by atoms with Crippen molar-refractivity contribution in [2.45, 2.75) is 19.4 Å². The molecule has 1 fully saturated rings. The molecule has 0 bridgehead atoms. The smallest absolute Gasteiger partial charge is 0.257 e. The van der Waals surface area contributed by atoms with E-state index in [1.807, 2.05) is 0 Å². The third-order valence-corrected chi connectivity index (χ3v) is 3.51. The highest BCUT2D eigenvalue weighted by Gasteiger charge is 2.26. The Morgan fingerprint density at radius 2 is 2.37 bits per heavy atom. The molecule has 0 aliphatic carbocycles. The van der Waals surface area contributed by atoms with Crippen LogP contribution in [0.3, 0.4) is 0 Å². The van der Waals surface area contributed by atoms with Crippen molar-refractivity contribution in [1.29, 1.82) is 0 Å². The van der Waals surface area contributed by atoms with Gasteiger partial charge in [-0.05, 0) is 24.6 Å². The van der Waals surface area contributed by atoms with E-state index in [4.69, 9.17) is 21.1 Å². The van der Waals surface area contributed by atoms with Gasteiger partial charge in [-0.15, -0.1) is 0 Å². The minimum atomic E-state index is -0.0545. The average molecular weight is 284 g/mol. The van der Waals surface area contributed by atoms with Crippen molar-refractivity contribution in [1.82, 2.24) is 4.90 Å². The van der Waals surface area contributed by atoms with E-state index in [1.165, 1.54) is 0 Å². The van der Waals surface area contributed by atoms with Crippen LogP contribution >= 0.6 is 11.6 Å². The number of benzene rings is 1. The van der Waals surface area contributed by atoms with Gasteiger partial charge >= 0.3 is 0 Å². The number of carbonyl (C=O) groups excluding carboxylic acids is 1. The SMILES string of the molecule is CC[C@@H]1CN(C(=O)c2cc(Cl)ccc2OC)CCO1. The summed E-state index contributed by atoms with van der Waals surface area (Å²) in [6.45, 7) is 3.85. The van der Waals surface area contributed by atoms with Gasteiger partial charge in [0.1, 0.15) is 5.75 Å². The van der Waals surface area contributed by atoms with E-state index >= 15 is 0 Å². The van der Waals surface area contributed by atoms with E-state index in [0.717, 1.165) is 6.42 Å². The van der Waals surface area contributed by atoms with Crippen molar-refractivity contribution in [2.75, 3.05) is 26.8 Å². The number of hydrogen-bond donors (Lipinski definition) is 0. The van der Waals surface area contributed by atoms with Crippen LogP contribution < -0.4 is 4.74 Å². The molecule has 1 saturated heterocycles. The van der Waals surface area contributed by atoms with Crippen LogP contribution in [0, 0.1) is 0 Å². The van der Waals surface area contributed by atoms with Crippen LogP contribution in [-0.2, 0) is 4.74 Å². The van der Waals surface area contributed by atoms with E-state index < -0.39 is 0 Å². The number of halogens is 1. The maximum Gasteiger partial charge on any atom is 0.257 e. The largest absolute Gasteiger partial charge is 0.496 e. The Balaban J connectivity index is 2.21. The molecule has 0 N–H and O–H groups in total. The fraction of sp³-hybridized carbons (Fsp3) is 0.500. The molecule has 104 valence electrons. The number of rotatable bonds is 3. The fourth-order valence-corrected chi connectivity index (χ4v) is 2.34. The van der Waals surface area contributed by atoms with E-state index in [0.29, 0.717) is 36.0 Å². The predicted octanol–water partition coefficient (Wildman–Crippen LogP) is 2.60. The van der Waals surface area contributed by atoms with Crippen LogP contribution in [0.15, 0.2) is 18.2 Å². The number of nitrogens with zero attached hydrogens (tertiary/aromatic N) is 1. The van der Waals surface area contributed by atoms with Crippen LogP contribution in [0.1, 0.15) is 23.7 Å². The van der Waals surface area contributed by atoms with Gasteiger partial charge in [0, 0.05) is 18.1 Å². The van der Waals surface area contributed by atoms with Crippen LogP contribution in [0.2, 0.25) is 5.02 Å². The predicted molar refractivity (Wildman–Crippen MR) is 73.9 cm³/mol. The Hall–Kier alpha value is -1.26. The maximum absolute atomic E-state index is 12.5. The number of hydrogen-bond acceptors (Lipinski definition) is 3. The first-order valence-corrected chi connectivity index (χ1v) is 6.78. The van der Waals surface area contributed by atoms with Gasteiger partial charge in [0.25, 0.3) is 5.91 Å². The molecule has 5 heteroatoms. The number of ether oxygens (including phenoxy) is 2. The van der Waals surface area contributed by atoms with Gasteiger partial charge in [0.2, 0.25) is 0 Å². The number of methoxy groups -OCH3 is 1. The Labute approximate surface area is 118 Å². The van der Waals surface area contributed by atoms with Crippen molar-refractivity contribution in [3.05, 3.63) is 28.8 Å². The lowest BCUT2D eigenvalue weighted by Crippen LogP contribution is -2.45. The van der Waals surface area contributed by atoms with Crippen molar-refractivity contribution in [3.8, 4) is 5.75 Å². The second-order valence-electron chi connectivity index (χ2n) is 4.50. The summed E-state index contributed by atoms with van der Waals surface area (Å²) in [6, 6.07) is 5.08. The minimum Gasteiger partial charge on any atom is -0.496 e. The van der Waals surface area contributed by atoms with E-state index in [-0.39, 0.29) is 12.0 Å². The average Bonchev–Trinajstić information content (AvgIpc) is 2.46. The van der Waals surface area contributed by atoms with Gasteiger partial charge in [-0.3, -0.25) is 4.79 Å². The van der Waals surface area contributed by atoms with E-state index in [2.05, 4.69) is 6.92 Å². The lowest BCUT2D eigenvalue weighted by molar-refractivity contribution is -0.0227. The molecule has 1 aromatic carbocycles. The summed E-state index contributed by atoms with van der Waals surface area (Å²) in [5.74, 6) is 0.495. The second kappa shape index (κ2) is 6.26. The van der Waals surface area contributed by atoms with Gasteiger partial charge in [0.05, 0.1) is 25.4 Å². The number of amides is 1. The topological polar surface area (TPSA) is 38.8 Å². The zero-order chi connectivity index (χ0) is 13.8. The standard InChI is InChI=1S/C14H18ClNO3/c1-3-11-9-16(6-7-19-11)14(17)12-8-10(15)4-5-13(12)18-2/h4-5,8,11H,3,6-7,9H2,1-2H3/t11-/m1/s1. The molecule has 2 rings (SSSR count). The van der Waals surface area contributed by atoms with Gasteiger partial charge in [-0.2, -0.15) is 0 Å². The molecule has 0 spiro atoms. The second-order valence-corrected chi connectivity index (χ2v) is 4.93. The summed E-state index contributed by atoms with van der Waals surface area (Å²) in [7, 11) is 1.55. The van der Waals surface area contributed by atoms with Crippen LogP contribution in [0.5, 0.6) is 5.75 Å². The first-order chi connectivity index (χ1) is 9.15. The number of morpholine rings is 1. The molecular formula is C14H18ClNO3. The molecule has 0 unspecified atom stereocenters. The number of carbonyl (C=O) groups is 1. The van der Waals surface area contributed by atoms with Crippen LogP contribution in [0.25, 0.3) is 0 Å². The van der Waals surface area contributed by atoms with Gasteiger partial charge in [-0.1, -0.05) is 18.5 Å². The first-order valence-electron chi connectivity index (χ1n) is 6.40. The van der Waals surface area contributed by atoms with Crippen molar-refractivity contribution in [3.63, 3.8) is 0 Å². The van der Waals surface area contributed by atoms with Crippen molar-refractivity contribution >= 4 is 17.5 Å². The summed E-state index contributed by atoms with van der Waals surface area (Å²) < 4.78 is 10.8. The summed E-state index contributed by atoms with van der Waals surface area (Å²) in [6.07, 6.45) is 1.01. The van der Waals surface area contributed by atoms with Gasteiger partial charge in [0.15, 0.2) is 0 Å². The molecule has 19 heavy (non-hydrogen) atoms. The Morgan fingerprint density at radius 1 is 1.58 bits per heavy atom. The van der Waals surface area contributed by atoms with Gasteiger partial charge in [-0.25, -0.2) is 0 Å². The fourth-order valence-electron chi connectivity index (χ4n) is 2.17. The third kappa shape index (κ3) is 3.19. The first kappa shape index (κ1) is 14.2. The zero-order valence-corrected chi connectivity index (χ0v) is 11.9. The lowest BCUT2D eigenvalue weighted by Gasteiger charge is -2.32. The lowest BCUT2D eigenvalue weighted by atomic mass is 10.1. The molecule has 1 aliphatic heterocycles. The Kier molecular flexibility index (Phi) is 4.66. The highest BCUT2D eigenvalue weighted by atomic mass is 35.5. The normalized spacial score (nSPS) is 19.3. The monoisotopic (exact) mass is 283 g/mol. The zero-order valence-electron chi connectivity index (χ0n) is 11.2. The highest BCUT2D eigenvalue weighted by Crippen LogP contribution is 2.25.